The quantitative estimate of drug-likeness (QED) is 0.651. The summed E-state index contributed by atoms with van der Waals surface area (Å²) in [6, 6.07) is 1.40. The van der Waals surface area contributed by atoms with Crippen LogP contribution in [0.3, 0.4) is 0 Å². The Balaban J connectivity index is 2.72. The fourth-order valence-electron chi connectivity index (χ4n) is 0.724. The Labute approximate surface area is 62.4 Å². The normalized spacial score (nSPS) is 9.45. The van der Waals surface area contributed by atoms with Crippen LogP contribution in [0.15, 0.2) is 16.7 Å². The van der Waals surface area contributed by atoms with E-state index in [1.807, 2.05) is 0 Å². The van der Waals surface area contributed by atoms with Gasteiger partial charge in [0.05, 0.1) is 12.7 Å². The van der Waals surface area contributed by atoms with Crippen molar-refractivity contribution in [1.82, 2.24) is 0 Å². The summed E-state index contributed by atoms with van der Waals surface area (Å²) in [5.74, 6) is -0.788. The number of furan rings is 1. The molecule has 1 rings (SSSR count). The lowest BCUT2D eigenvalue weighted by molar-refractivity contribution is -0.136. The second kappa shape index (κ2) is 3.01. The summed E-state index contributed by atoms with van der Waals surface area (Å²) in [4.78, 5) is 20.2. The second-order valence-electron chi connectivity index (χ2n) is 2.05. The largest absolute Gasteiger partial charge is 0.481 e. The minimum absolute atomic E-state index is 0.114. The van der Waals surface area contributed by atoms with Crippen LogP contribution in [0.2, 0.25) is 0 Å². The van der Waals surface area contributed by atoms with Crippen LogP contribution in [-0.4, -0.2) is 17.4 Å². The van der Waals surface area contributed by atoms with Crippen LogP contribution in [0.25, 0.3) is 0 Å². The van der Waals surface area contributed by atoms with Crippen LogP contribution in [-0.2, 0) is 11.2 Å². The van der Waals surface area contributed by atoms with Crippen molar-refractivity contribution < 1.29 is 19.1 Å². The third-order valence-corrected chi connectivity index (χ3v) is 1.15. The van der Waals surface area contributed by atoms with E-state index in [1.54, 1.807) is 0 Å². The highest BCUT2D eigenvalue weighted by molar-refractivity contribution is 5.73. The summed E-state index contributed by atoms with van der Waals surface area (Å²) in [7, 11) is 0. The Kier molecular flexibility index (Phi) is 2.06. The minimum atomic E-state index is -0.941. The van der Waals surface area contributed by atoms with Crippen molar-refractivity contribution in [3.05, 3.63) is 23.7 Å². The Morgan fingerprint density at radius 2 is 2.45 bits per heavy atom. The molecule has 0 saturated carbocycles. The first kappa shape index (κ1) is 7.53. The van der Waals surface area contributed by atoms with Crippen molar-refractivity contribution in [2.24, 2.45) is 0 Å². The van der Waals surface area contributed by atoms with Gasteiger partial charge in [-0.2, -0.15) is 0 Å². The van der Waals surface area contributed by atoms with Crippen molar-refractivity contribution in [1.29, 1.82) is 0 Å². The van der Waals surface area contributed by atoms with Gasteiger partial charge < -0.3 is 9.52 Å². The van der Waals surface area contributed by atoms with Gasteiger partial charge in [0, 0.05) is 5.56 Å². The van der Waals surface area contributed by atoms with Gasteiger partial charge in [-0.25, -0.2) is 0 Å². The van der Waals surface area contributed by atoms with Gasteiger partial charge in [-0.15, -0.1) is 0 Å². The maximum Gasteiger partial charge on any atom is 0.307 e. The van der Waals surface area contributed by atoms with E-state index in [0.717, 1.165) is 0 Å². The molecular weight excluding hydrogens is 148 g/mol. The zero-order valence-electron chi connectivity index (χ0n) is 5.61. The van der Waals surface area contributed by atoms with E-state index in [-0.39, 0.29) is 12.2 Å². The molecule has 0 aliphatic heterocycles. The van der Waals surface area contributed by atoms with Crippen LogP contribution in [0.1, 0.15) is 16.1 Å². The third-order valence-electron chi connectivity index (χ3n) is 1.15. The summed E-state index contributed by atoms with van der Waals surface area (Å²) < 4.78 is 4.68. The number of aldehydes is 1. The molecule has 11 heavy (non-hydrogen) atoms. The highest BCUT2D eigenvalue weighted by Gasteiger charge is 2.03. The van der Waals surface area contributed by atoms with Crippen molar-refractivity contribution in [2.75, 3.05) is 0 Å². The molecule has 0 unspecified atom stereocenters. The molecule has 4 nitrogen and oxygen atoms in total. The standard InChI is InChI=1S/C7H6O4/c8-3-6-1-5(4-11-6)2-7(9)10/h1,3-4H,2H2,(H,9,10). The maximum atomic E-state index is 10.1. The Morgan fingerprint density at radius 1 is 1.73 bits per heavy atom. The summed E-state index contributed by atoms with van der Waals surface area (Å²) in [5, 5.41) is 8.32. The van der Waals surface area contributed by atoms with E-state index >= 15 is 0 Å². The Hall–Kier alpha value is -1.58. The van der Waals surface area contributed by atoms with E-state index in [2.05, 4.69) is 4.42 Å². The molecule has 0 saturated heterocycles. The molecule has 0 spiro atoms. The predicted octanol–water partition coefficient (Wildman–Crippen LogP) is 0.719. The predicted molar refractivity (Wildman–Crippen MR) is 35.4 cm³/mol. The zero-order chi connectivity index (χ0) is 8.27. The first-order valence-electron chi connectivity index (χ1n) is 2.97. The van der Waals surface area contributed by atoms with E-state index in [1.165, 1.54) is 12.3 Å². The molecule has 0 aliphatic carbocycles. The molecule has 0 bridgehead atoms. The number of hydrogen-bond acceptors (Lipinski definition) is 3. The van der Waals surface area contributed by atoms with Crippen LogP contribution in [0, 0.1) is 0 Å². The fraction of sp³-hybridized carbons (Fsp3) is 0.143. The second-order valence-corrected chi connectivity index (χ2v) is 2.05. The molecule has 0 aromatic carbocycles. The number of hydrogen-bond donors (Lipinski definition) is 1. The van der Waals surface area contributed by atoms with Crippen molar-refractivity contribution in [3.8, 4) is 0 Å². The first-order valence-corrected chi connectivity index (χ1v) is 2.97. The minimum Gasteiger partial charge on any atom is -0.481 e. The number of carboxylic acids is 1. The number of carboxylic acid groups (broad SMARTS) is 1. The highest BCUT2D eigenvalue weighted by Crippen LogP contribution is 2.05. The number of rotatable bonds is 3. The lowest BCUT2D eigenvalue weighted by Crippen LogP contribution is -1.97. The molecule has 1 aromatic rings. The fourth-order valence-corrected chi connectivity index (χ4v) is 0.724. The summed E-state index contributed by atoms with van der Waals surface area (Å²) in [6.07, 6.45) is 1.68. The monoisotopic (exact) mass is 154 g/mol. The van der Waals surface area contributed by atoms with Gasteiger partial charge in [-0.05, 0) is 6.07 Å². The molecule has 0 radical (unpaired) electrons. The van der Waals surface area contributed by atoms with E-state index in [9.17, 15) is 9.59 Å². The van der Waals surface area contributed by atoms with Crippen molar-refractivity contribution in [3.63, 3.8) is 0 Å². The molecule has 0 amide bonds. The highest BCUT2D eigenvalue weighted by atomic mass is 16.4. The van der Waals surface area contributed by atoms with Gasteiger partial charge in [-0.3, -0.25) is 9.59 Å². The SMILES string of the molecule is O=Cc1cc(CC(=O)O)co1. The van der Waals surface area contributed by atoms with Gasteiger partial charge in [0.15, 0.2) is 12.0 Å². The van der Waals surface area contributed by atoms with E-state index in [4.69, 9.17) is 5.11 Å². The molecule has 1 heterocycles. The van der Waals surface area contributed by atoms with Gasteiger partial charge in [0.2, 0.25) is 0 Å². The van der Waals surface area contributed by atoms with Gasteiger partial charge >= 0.3 is 5.97 Å². The molecule has 1 aromatic heterocycles. The molecule has 58 valence electrons. The van der Waals surface area contributed by atoms with Crippen LogP contribution in [0.5, 0.6) is 0 Å². The zero-order valence-corrected chi connectivity index (χ0v) is 5.61. The number of aliphatic carboxylic acids is 1. The number of carbonyl (C=O) groups is 2. The Bertz CT molecular complexity index is 274. The average molecular weight is 154 g/mol. The van der Waals surface area contributed by atoms with E-state index in [0.29, 0.717) is 11.8 Å². The molecule has 0 fully saturated rings. The van der Waals surface area contributed by atoms with Gasteiger partial charge in [-0.1, -0.05) is 0 Å². The Morgan fingerprint density at radius 3 is 2.91 bits per heavy atom. The average Bonchev–Trinajstić information content (AvgIpc) is 2.34. The summed E-state index contributed by atoms with van der Waals surface area (Å²) in [6.45, 7) is 0. The smallest absolute Gasteiger partial charge is 0.307 e. The molecule has 0 aliphatic rings. The van der Waals surface area contributed by atoms with Crippen molar-refractivity contribution >= 4 is 12.3 Å². The first-order chi connectivity index (χ1) is 5.22. The summed E-state index contributed by atoms with van der Waals surface area (Å²) in [5.41, 5.74) is 0.500. The van der Waals surface area contributed by atoms with Gasteiger partial charge in [0.1, 0.15) is 0 Å². The topological polar surface area (TPSA) is 67.5 Å². The molecular formula is C7H6O4. The summed E-state index contributed by atoms with van der Waals surface area (Å²) >= 11 is 0. The third kappa shape index (κ3) is 1.93. The molecule has 0 atom stereocenters. The van der Waals surface area contributed by atoms with Crippen LogP contribution >= 0.6 is 0 Å². The van der Waals surface area contributed by atoms with Crippen molar-refractivity contribution in [2.45, 2.75) is 6.42 Å². The molecule has 4 heteroatoms. The maximum absolute atomic E-state index is 10.1. The van der Waals surface area contributed by atoms with Crippen LogP contribution in [0.4, 0.5) is 0 Å². The number of carbonyl (C=O) groups excluding carboxylic acids is 1. The lowest BCUT2D eigenvalue weighted by atomic mass is 10.2. The molecule has 1 N–H and O–H groups in total. The lowest BCUT2D eigenvalue weighted by Gasteiger charge is -1.84. The van der Waals surface area contributed by atoms with Crippen LogP contribution < -0.4 is 0 Å². The van der Waals surface area contributed by atoms with E-state index < -0.39 is 5.97 Å². The van der Waals surface area contributed by atoms with Gasteiger partial charge in [0.25, 0.3) is 0 Å².